The van der Waals surface area contributed by atoms with E-state index in [1.54, 1.807) is 0 Å². The molecule has 2 heteroatoms. The molecule has 0 saturated heterocycles. The van der Waals surface area contributed by atoms with Gasteiger partial charge >= 0.3 is 0 Å². The number of nitrogens with one attached hydrogen (secondary N) is 1. The van der Waals surface area contributed by atoms with Gasteiger partial charge in [-0.2, -0.15) is 0 Å². The van der Waals surface area contributed by atoms with Gasteiger partial charge in [0.05, 0.1) is 5.54 Å². The molecule has 0 aliphatic carbocycles. The van der Waals surface area contributed by atoms with Gasteiger partial charge < -0.3 is 11.1 Å². The SMILES string of the molecule is C=C(C)C(=C)C(C)(N)CNC. The molecule has 0 radical (unpaired) electrons. The van der Waals surface area contributed by atoms with Gasteiger partial charge in [0.1, 0.15) is 0 Å². The largest absolute Gasteiger partial charge is 0.321 e. The Morgan fingerprint density at radius 3 is 2.27 bits per heavy atom. The van der Waals surface area contributed by atoms with Crippen molar-refractivity contribution in [2.75, 3.05) is 13.6 Å². The lowest BCUT2D eigenvalue weighted by atomic mass is 9.90. The summed E-state index contributed by atoms with van der Waals surface area (Å²) in [5.41, 5.74) is 7.43. The molecule has 3 N–H and O–H groups in total. The topological polar surface area (TPSA) is 38.0 Å². The summed E-state index contributed by atoms with van der Waals surface area (Å²) in [6, 6.07) is 0. The zero-order chi connectivity index (χ0) is 9.07. The van der Waals surface area contributed by atoms with E-state index in [-0.39, 0.29) is 5.54 Å². The van der Waals surface area contributed by atoms with E-state index >= 15 is 0 Å². The van der Waals surface area contributed by atoms with Gasteiger partial charge in [0.15, 0.2) is 0 Å². The number of rotatable bonds is 4. The fourth-order valence-electron chi connectivity index (χ4n) is 0.961. The Bertz CT molecular complexity index is 168. The van der Waals surface area contributed by atoms with Crippen LogP contribution in [0.3, 0.4) is 0 Å². The van der Waals surface area contributed by atoms with E-state index in [2.05, 4.69) is 18.5 Å². The van der Waals surface area contributed by atoms with Crippen molar-refractivity contribution in [1.29, 1.82) is 0 Å². The van der Waals surface area contributed by atoms with Gasteiger partial charge in [0.25, 0.3) is 0 Å². The highest BCUT2D eigenvalue weighted by Gasteiger charge is 2.21. The van der Waals surface area contributed by atoms with Gasteiger partial charge in [-0.3, -0.25) is 0 Å². The lowest BCUT2D eigenvalue weighted by molar-refractivity contribution is 0.522. The van der Waals surface area contributed by atoms with Crippen LogP contribution in [-0.2, 0) is 0 Å². The monoisotopic (exact) mass is 154 g/mol. The quantitative estimate of drug-likeness (QED) is 0.594. The maximum absolute atomic E-state index is 5.95. The molecule has 0 aromatic heterocycles. The molecule has 0 saturated carbocycles. The van der Waals surface area contributed by atoms with Gasteiger partial charge in [-0.25, -0.2) is 0 Å². The van der Waals surface area contributed by atoms with Crippen molar-refractivity contribution in [2.45, 2.75) is 19.4 Å². The average molecular weight is 154 g/mol. The van der Waals surface area contributed by atoms with Crippen molar-refractivity contribution >= 4 is 0 Å². The second-order valence-corrected chi connectivity index (χ2v) is 3.21. The van der Waals surface area contributed by atoms with Gasteiger partial charge in [0.2, 0.25) is 0 Å². The smallest absolute Gasteiger partial charge is 0.0503 e. The van der Waals surface area contributed by atoms with Crippen LogP contribution in [-0.4, -0.2) is 19.1 Å². The van der Waals surface area contributed by atoms with Crippen LogP contribution < -0.4 is 11.1 Å². The molecule has 0 bridgehead atoms. The summed E-state index contributed by atoms with van der Waals surface area (Å²) in [7, 11) is 1.87. The molecule has 0 rings (SSSR count). The van der Waals surface area contributed by atoms with Crippen molar-refractivity contribution in [3.8, 4) is 0 Å². The minimum absolute atomic E-state index is 0.374. The first-order valence-electron chi connectivity index (χ1n) is 3.70. The highest BCUT2D eigenvalue weighted by Crippen LogP contribution is 2.16. The van der Waals surface area contributed by atoms with Crippen LogP contribution in [0.25, 0.3) is 0 Å². The lowest BCUT2D eigenvalue weighted by Crippen LogP contribution is -2.46. The first-order valence-corrected chi connectivity index (χ1v) is 3.70. The maximum Gasteiger partial charge on any atom is 0.0503 e. The van der Waals surface area contributed by atoms with Crippen LogP contribution in [0.2, 0.25) is 0 Å². The minimum atomic E-state index is -0.374. The maximum atomic E-state index is 5.95. The number of likely N-dealkylation sites (N-methyl/N-ethyl adjacent to an activating group) is 1. The van der Waals surface area contributed by atoms with Crippen LogP contribution >= 0.6 is 0 Å². The summed E-state index contributed by atoms with van der Waals surface area (Å²) >= 11 is 0. The standard InChI is InChI=1S/C9H18N2/c1-7(2)8(3)9(4,10)6-11-5/h11H,1,3,6,10H2,2,4-5H3. The normalized spacial score (nSPS) is 15.6. The fraction of sp³-hybridized carbons (Fsp3) is 0.556. The fourth-order valence-corrected chi connectivity index (χ4v) is 0.961. The Kier molecular flexibility index (Phi) is 3.49. The van der Waals surface area contributed by atoms with E-state index in [1.165, 1.54) is 0 Å². The summed E-state index contributed by atoms with van der Waals surface area (Å²) in [5, 5.41) is 3.02. The third-order valence-corrected chi connectivity index (χ3v) is 1.75. The molecule has 64 valence electrons. The van der Waals surface area contributed by atoms with E-state index in [1.807, 2.05) is 20.9 Å². The molecule has 0 fully saturated rings. The van der Waals surface area contributed by atoms with E-state index < -0.39 is 0 Å². The van der Waals surface area contributed by atoms with E-state index in [9.17, 15) is 0 Å². The third kappa shape index (κ3) is 2.87. The van der Waals surface area contributed by atoms with Crippen molar-refractivity contribution < 1.29 is 0 Å². The molecular weight excluding hydrogens is 136 g/mol. The van der Waals surface area contributed by atoms with E-state index in [0.29, 0.717) is 0 Å². The first-order chi connectivity index (χ1) is 4.91. The molecule has 1 atom stereocenters. The van der Waals surface area contributed by atoms with Crippen LogP contribution in [0.4, 0.5) is 0 Å². The zero-order valence-corrected chi connectivity index (χ0v) is 7.70. The van der Waals surface area contributed by atoms with Crippen LogP contribution in [0, 0.1) is 0 Å². The van der Waals surface area contributed by atoms with Crippen molar-refractivity contribution in [1.82, 2.24) is 5.32 Å². The molecule has 0 amide bonds. The summed E-state index contributed by atoms with van der Waals surface area (Å²) in [6.07, 6.45) is 0. The summed E-state index contributed by atoms with van der Waals surface area (Å²) in [4.78, 5) is 0. The van der Waals surface area contributed by atoms with Gasteiger partial charge in [-0.1, -0.05) is 18.7 Å². The van der Waals surface area contributed by atoms with E-state index in [4.69, 9.17) is 5.73 Å². The lowest BCUT2D eigenvalue weighted by Gasteiger charge is -2.27. The van der Waals surface area contributed by atoms with Crippen LogP contribution in [0.1, 0.15) is 13.8 Å². The van der Waals surface area contributed by atoms with Gasteiger partial charge in [-0.05, 0) is 26.5 Å². The molecule has 1 unspecified atom stereocenters. The predicted molar refractivity (Wildman–Crippen MR) is 50.5 cm³/mol. The number of nitrogens with two attached hydrogens (primary N) is 1. The highest BCUT2D eigenvalue weighted by atomic mass is 14.9. The third-order valence-electron chi connectivity index (χ3n) is 1.75. The molecule has 0 heterocycles. The summed E-state index contributed by atoms with van der Waals surface area (Å²) in [5.74, 6) is 0. The molecule has 0 spiro atoms. The van der Waals surface area contributed by atoms with Crippen LogP contribution in [0.15, 0.2) is 24.3 Å². The zero-order valence-electron chi connectivity index (χ0n) is 7.70. The molecule has 11 heavy (non-hydrogen) atoms. The molecule has 0 aliphatic rings. The molecule has 0 aliphatic heterocycles. The second kappa shape index (κ2) is 3.69. The Balaban J connectivity index is 4.29. The van der Waals surface area contributed by atoms with Crippen LogP contribution in [0.5, 0.6) is 0 Å². The van der Waals surface area contributed by atoms with Gasteiger partial charge in [0, 0.05) is 6.54 Å². The Hall–Kier alpha value is -0.600. The molecule has 0 aromatic carbocycles. The number of hydrogen-bond donors (Lipinski definition) is 2. The van der Waals surface area contributed by atoms with Crippen molar-refractivity contribution in [3.63, 3.8) is 0 Å². The first kappa shape index (κ1) is 10.4. The Morgan fingerprint density at radius 2 is 2.00 bits per heavy atom. The summed E-state index contributed by atoms with van der Waals surface area (Å²) in [6.45, 7) is 12.3. The molecule has 0 aromatic rings. The van der Waals surface area contributed by atoms with Crippen molar-refractivity contribution in [2.24, 2.45) is 5.73 Å². The molecule has 2 nitrogen and oxygen atoms in total. The van der Waals surface area contributed by atoms with E-state index in [0.717, 1.165) is 17.7 Å². The Morgan fingerprint density at radius 1 is 1.55 bits per heavy atom. The number of hydrogen-bond acceptors (Lipinski definition) is 2. The predicted octanol–water partition coefficient (Wildman–Crippen LogP) is 1.06. The van der Waals surface area contributed by atoms with Crippen molar-refractivity contribution in [3.05, 3.63) is 24.3 Å². The molecular formula is C9H18N2. The minimum Gasteiger partial charge on any atom is -0.321 e. The highest BCUT2D eigenvalue weighted by molar-refractivity contribution is 5.33. The summed E-state index contributed by atoms with van der Waals surface area (Å²) < 4.78 is 0. The second-order valence-electron chi connectivity index (χ2n) is 3.21. The average Bonchev–Trinajstić information content (AvgIpc) is 1.86. The Labute approximate surface area is 69.2 Å². The van der Waals surface area contributed by atoms with Gasteiger partial charge in [-0.15, -0.1) is 0 Å².